The summed E-state index contributed by atoms with van der Waals surface area (Å²) in [6.45, 7) is 11.2. The van der Waals surface area contributed by atoms with E-state index >= 15 is 0 Å². The number of hydrogen-bond donors (Lipinski definition) is 0. The van der Waals surface area contributed by atoms with Gasteiger partial charge in [0, 0.05) is 18.0 Å². The molecule has 2 nitrogen and oxygen atoms in total. The Kier molecular flexibility index (Phi) is 3.98. The standard InChI is InChI=1S/C17H22N2/c1-11(2)15-8-14(17-10-18-6-7-19-17)9-16(12(3)4)13(15)5/h6-12H,1-5H3. The maximum absolute atomic E-state index is 4.42. The monoisotopic (exact) mass is 254 g/mol. The first kappa shape index (κ1) is 13.7. The molecule has 0 aliphatic heterocycles. The fourth-order valence-corrected chi connectivity index (χ4v) is 2.56. The van der Waals surface area contributed by atoms with E-state index in [2.05, 4.69) is 56.7 Å². The van der Waals surface area contributed by atoms with E-state index in [9.17, 15) is 0 Å². The minimum Gasteiger partial charge on any atom is -0.261 e. The second-order valence-electron chi connectivity index (χ2n) is 5.68. The first-order chi connectivity index (χ1) is 9.00. The molecule has 0 amide bonds. The molecule has 0 fully saturated rings. The van der Waals surface area contributed by atoms with Gasteiger partial charge in [-0.05, 0) is 47.6 Å². The molecule has 1 heterocycles. The Morgan fingerprint density at radius 1 is 0.895 bits per heavy atom. The lowest BCUT2D eigenvalue weighted by Crippen LogP contribution is -2.01. The zero-order valence-electron chi connectivity index (χ0n) is 12.4. The van der Waals surface area contributed by atoms with Crippen LogP contribution < -0.4 is 0 Å². The van der Waals surface area contributed by atoms with Crippen LogP contribution in [0.5, 0.6) is 0 Å². The number of rotatable bonds is 3. The third-order valence-electron chi connectivity index (χ3n) is 3.59. The van der Waals surface area contributed by atoms with Crippen molar-refractivity contribution in [3.8, 4) is 11.3 Å². The number of aromatic nitrogens is 2. The van der Waals surface area contributed by atoms with E-state index in [1.54, 1.807) is 12.4 Å². The van der Waals surface area contributed by atoms with Gasteiger partial charge in [-0.25, -0.2) is 0 Å². The molecule has 0 saturated carbocycles. The van der Waals surface area contributed by atoms with Gasteiger partial charge in [0.2, 0.25) is 0 Å². The summed E-state index contributed by atoms with van der Waals surface area (Å²) in [6, 6.07) is 4.52. The zero-order chi connectivity index (χ0) is 14.0. The van der Waals surface area contributed by atoms with Gasteiger partial charge in [0.1, 0.15) is 0 Å². The summed E-state index contributed by atoms with van der Waals surface area (Å²) in [6.07, 6.45) is 5.29. The molecule has 0 unspecified atom stereocenters. The van der Waals surface area contributed by atoms with Crippen LogP contribution in [-0.2, 0) is 0 Å². The van der Waals surface area contributed by atoms with Crippen LogP contribution in [0.1, 0.15) is 56.2 Å². The normalized spacial score (nSPS) is 11.3. The highest BCUT2D eigenvalue weighted by Gasteiger charge is 2.13. The molecular formula is C17H22N2. The molecule has 0 atom stereocenters. The molecule has 0 bridgehead atoms. The molecule has 2 heteroatoms. The fourth-order valence-electron chi connectivity index (χ4n) is 2.56. The maximum atomic E-state index is 4.42. The highest BCUT2D eigenvalue weighted by Crippen LogP contribution is 2.31. The fraction of sp³-hybridized carbons (Fsp3) is 0.412. The van der Waals surface area contributed by atoms with Gasteiger partial charge in [-0.1, -0.05) is 27.7 Å². The predicted molar refractivity (Wildman–Crippen MR) is 80.4 cm³/mol. The van der Waals surface area contributed by atoms with Crippen LogP contribution in [0, 0.1) is 6.92 Å². The van der Waals surface area contributed by atoms with E-state index in [0.29, 0.717) is 11.8 Å². The molecule has 0 aliphatic rings. The molecule has 2 aromatic rings. The molecule has 0 aliphatic carbocycles. The SMILES string of the molecule is Cc1c(C(C)C)cc(-c2cnccn2)cc1C(C)C. The summed E-state index contributed by atoms with van der Waals surface area (Å²) < 4.78 is 0. The van der Waals surface area contributed by atoms with Gasteiger partial charge >= 0.3 is 0 Å². The highest BCUT2D eigenvalue weighted by molar-refractivity contribution is 5.62. The van der Waals surface area contributed by atoms with E-state index in [1.807, 2.05) is 6.20 Å². The van der Waals surface area contributed by atoms with Crippen molar-refractivity contribution in [2.45, 2.75) is 46.5 Å². The van der Waals surface area contributed by atoms with Gasteiger partial charge in [-0.3, -0.25) is 9.97 Å². The van der Waals surface area contributed by atoms with E-state index in [0.717, 1.165) is 5.69 Å². The van der Waals surface area contributed by atoms with E-state index in [4.69, 9.17) is 0 Å². The summed E-state index contributed by atoms with van der Waals surface area (Å²) >= 11 is 0. The summed E-state index contributed by atoms with van der Waals surface area (Å²) in [5.74, 6) is 1.04. The second kappa shape index (κ2) is 5.52. The topological polar surface area (TPSA) is 25.8 Å². The predicted octanol–water partition coefficient (Wildman–Crippen LogP) is 4.70. The molecule has 0 spiro atoms. The summed E-state index contributed by atoms with van der Waals surface area (Å²) in [5, 5.41) is 0. The molecule has 1 aromatic heterocycles. The third kappa shape index (κ3) is 2.83. The molecule has 0 radical (unpaired) electrons. The molecule has 0 saturated heterocycles. The largest absolute Gasteiger partial charge is 0.261 e. The second-order valence-corrected chi connectivity index (χ2v) is 5.68. The van der Waals surface area contributed by atoms with E-state index in [1.165, 1.54) is 22.3 Å². The average Bonchev–Trinajstić information content (AvgIpc) is 2.39. The van der Waals surface area contributed by atoms with Gasteiger partial charge in [-0.15, -0.1) is 0 Å². The lowest BCUT2D eigenvalue weighted by Gasteiger charge is -2.19. The number of benzene rings is 1. The van der Waals surface area contributed by atoms with Crippen molar-refractivity contribution in [3.63, 3.8) is 0 Å². The molecule has 2 rings (SSSR count). The lowest BCUT2D eigenvalue weighted by atomic mass is 9.87. The van der Waals surface area contributed by atoms with Crippen molar-refractivity contribution < 1.29 is 0 Å². The van der Waals surface area contributed by atoms with Crippen LogP contribution in [0.15, 0.2) is 30.7 Å². The van der Waals surface area contributed by atoms with Crippen LogP contribution in [0.25, 0.3) is 11.3 Å². The Bertz CT molecular complexity index is 528. The smallest absolute Gasteiger partial charge is 0.0885 e. The summed E-state index contributed by atoms with van der Waals surface area (Å²) in [7, 11) is 0. The van der Waals surface area contributed by atoms with Gasteiger partial charge in [0.15, 0.2) is 0 Å². The van der Waals surface area contributed by atoms with Gasteiger partial charge in [-0.2, -0.15) is 0 Å². The molecule has 1 aromatic carbocycles. The number of nitrogens with zero attached hydrogens (tertiary/aromatic N) is 2. The molecular weight excluding hydrogens is 232 g/mol. The van der Waals surface area contributed by atoms with Gasteiger partial charge < -0.3 is 0 Å². The average molecular weight is 254 g/mol. The maximum Gasteiger partial charge on any atom is 0.0885 e. The Morgan fingerprint density at radius 3 is 1.89 bits per heavy atom. The molecule has 100 valence electrons. The zero-order valence-corrected chi connectivity index (χ0v) is 12.4. The van der Waals surface area contributed by atoms with Gasteiger partial charge in [0.05, 0.1) is 11.9 Å². The van der Waals surface area contributed by atoms with Gasteiger partial charge in [0.25, 0.3) is 0 Å². The number of hydrogen-bond acceptors (Lipinski definition) is 2. The third-order valence-corrected chi connectivity index (χ3v) is 3.59. The Hall–Kier alpha value is -1.70. The molecule has 0 N–H and O–H groups in total. The lowest BCUT2D eigenvalue weighted by molar-refractivity contribution is 0.817. The van der Waals surface area contributed by atoms with Crippen LogP contribution in [0.4, 0.5) is 0 Å². The minimum atomic E-state index is 0.522. The van der Waals surface area contributed by atoms with Crippen LogP contribution in [0.3, 0.4) is 0 Å². The van der Waals surface area contributed by atoms with Crippen molar-refractivity contribution in [3.05, 3.63) is 47.4 Å². The minimum absolute atomic E-state index is 0.522. The molecule has 19 heavy (non-hydrogen) atoms. The summed E-state index contributed by atoms with van der Waals surface area (Å²) in [5.41, 5.74) is 6.36. The van der Waals surface area contributed by atoms with Crippen LogP contribution in [-0.4, -0.2) is 9.97 Å². The van der Waals surface area contributed by atoms with Crippen molar-refractivity contribution in [2.75, 3.05) is 0 Å². The quantitative estimate of drug-likeness (QED) is 0.793. The van der Waals surface area contributed by atoms with Crippen molar-refractivity contribution in [2.24, 2.45) is 0 Å². The van der Waals surface area contributed by atoms with Crippen LogP contribution in [0.2, 0.25) is 0 Å². The Morgan fingerprint density at radius 2 is 1.47 bits per heavy atom. The van der Waals surface area contributed by atoms with E-state index < -0.39 is 0 Å². The Labute approximate surface area is 115 Å². The van der Waals surface area contributed by atoms with E-state index in [-0.39, 0.29) is 0 Å². The van der Waals surface area contributed by atoms with Crippen molar-refractivity contribution in [1.29, 1.82) is 0 Å². The van der Waals surface area contributed by atoms with Crippen molar-refractivity contribution in [1.82, 2.24) is 9.97 Å². The first-order valence-electron chi connectivity index (χ1n) is 6.91. The van der Waals surface area contributed by atoms with Crippen LogP contribution >= 0.6 is 0 Å². The summed E-state index contributed by atoms with van der Waals surface area (Å²) in [4.78, 5) is 8.59. The first-order valence-corrected chi connectivity index (χ1v) is 6.91. The van der Waals surface area contributed by atoms with Crippen molar-refractivity contribution >= 4 is 0 Å². The highest BCUT2D eigenvalue weighted by atomic mass is 14.8. The Balaban J connectivity index is 2.63.